The molecule has 214 valence electrons. The van der Waals surface area contributed by atoms with Crippen molar-refractivity contribution in [2.24, 2.45) is 5.41 Å². The minimum Gasteiger partial charge on any atom is -0.493 e. The standard InChI is InChI=1S/C36H28FNO5/c1-20-11-13-21(14-12-20)32(39)31-30(26-9-6-10-28(42-2)33(26)43-3)36(34(40)24-7-4-5-8-25(24)35(36)41)29-18-15-22-19-23(37)16-17-27(22)38(29)31/h4-19,29-31H,1-3H3/t29-,30-,31+/m1/s1. The van der Waals surface area contributed by atoms with Gasteiger partial charge in [-0.1, -0.05) is 78.4 Å². The number of ketones is 3. The molecule has 1 spiro atoms. The van der Waals surface area contributed by atoms with Crippen LogP contribution < -0.4 is 14.4 Å². The van der Waals surface area contributed by atoms with Gasteiger partial charge in [-0.2, -0.15) is 0 Å². The predicted octanol–water partition coefficient (Wildman–Crippen LogP) is 6.47. The van der Waals surface area contributed by atoms with E-state index in [-0.39, 0.29) is 17.3 Å². The molecule has 0 saturated carbocycles. The van der Waals surface area contributed by atoms with E-state index in [9.17, 15) is 18.8 Å². The van der Waals surface area contributed by atoms with Crippen LogP contribution >= 0.6 is 0 Å². The summed E-state index contributed by atoms with van der Waals surface area (Å²) in [6.45, 7) is 1.94. The van der Waals surface area contributed by atoms with Crippen LogP contribution in [-0.2, 0) is 0 Å². The number of halogens is 1. The van der Waals surface area contributed by atoms with Crippen LogP contribution in [-0.4, -0.2) is 43.7 Å². The summed E-state index contributed by atoms with van der Waals surface area (Å²) in [5.41, 5.74) is 1.99. The highest BCUT2D eigenvalue weighted by Gasteiger charge is 2.72. The average Bonchev–Trinajstić information content (AvgIpc) is 3.46. The monoisotopic (exact) mass is 573 g/mol. The number of methoxy groups -OCH3 is 2. The third-order valence-electron chi connectivity index (χ3n) is 9.14. The first-order valence-electron chi connectivity index (χ1n) is 14.1. The van der Waals surface area contributed by atoms with Gasteiger partial charge in [0.05, 0.1) is 20.3 Å². The number of hydrogen-bond donors (Lipinski definition) is 0. The Labute approximate surface area is 248 Å². The highest BCUT2D eigenvalue weighted by atomic mass is 19.1. The van der Waals surface area contributed by atoms with Crippen LogP contribution in [0.3, 0.4) is 0 Å². The number of para-hydroxylation sites is 1. The zero-order chi connectivity index (χ0) is 30.0. The summed E-state index contributed by atoms with van der Waals surface area (Å²) in [5.74, 6) is -1.63. The van der Waals surface area contributed by atoms with Gasteiger partial charge < -0.3 is 14.4 Å². The molecule has 43 heavy (non-hydrogen) atoms. The molecule has 0 radical (unpaired) electrons. The molecule has 2 heterocycles. The molecule has 1 saturated heterocycles. The van der Waals surface area contributed by atoms with Crippen LogP contribution in [0.5, 0.6) is 11.5 Å². The zero-order valence-electron chi connectivity index (χ0n) is 23.8. The maximum absolute atomic E-state index is 14.8. The molecule has 0 amide bonds. The first-order valence-corrected chi connectivity index (χ1v) is 14.1. The summed E-state index contributed by atoms with van der Waals surface area (Å²) in [7, 11) is 3.01. The van der Waals surface area contributed by atoms with Gasteiger partial charge in [0.2, 0.25) is 0 Å². The molecule has 1 fully saturated rings. The largest absolute Gasteiger partial charge is 0.493 e. The lowest BCUT2D eigenvalue weighted by molar-refractivity contribution is 0.0664. The number of rotatable bonds is 5. The lowest BCUT2D eigenvalue weighted by Crippen LogP contribution is -2.48. The molecule has 0 bridgehead atoms. The molecular formula is C36H28FNO5. The van der Waals surface area contributed by atoms with Crippen molar-refractivity contribution in [3.63, 3.8) is 0 Å². The Morgan fingerprint density at radius 2 is 1.56 bits per heavy atom. The van der Waals surface area contributed by atoms with Crippen LogP contribution in [0.25, 0.3) is 6.08 Å². The van der Waals surface area contributed by atoms with E-state index in [2.05, 4.69) is 0 Å². The minimum atomic E-state index is -1.71. The number of hydrogen-bond acceptors (Lipinski definition) is 6. The Balaban J connectivity index is 1.58. The molecule has 3 aliphatic rings. The number of carbonyl (C=O) groups excluding carboxylic acids is 3. The summed E-state index contributed by atoms with van der Waals surface area (Å²) >= 11 is 0. The van der Waals surface area contributed by atoms with Gasteiger partial charge in [0.1, 0.15) is 17.3 Å². The molecule has 1 aliphatic carbocycles. The fraction of sp³-hybridized carbons (Fsp3) is 0.194. The number of ether oxygens (including phenoxy) is 2. The van der Waals surface area contributed by atoms with E-state index >= 15 is 0 Å². The summed E-state index contributed by atoms with van der Waals surface area (Å²) < 4.78 is 26.0. The van der Waals surface area contributed by atoms with Gasteiger partial charge in [-0.3, -0.25) is 14.4 Å². The third kappa shape index (κ3) is 3.60. The van der Waals surface area contributed by atoms with Crippen LogP contribution in [0.1, 0.15) is 53.7 Å². The smallest absolute Gasteiger partial charge is 0.185 e. The van der Waals surface area contributed by atoms with Crippen molar-refractivity contribution in [2.75, 3.05) is 19.1 Å². The Bertz CT molecular complexity index is 1830. The molecule has 6 nitrogen and oxygen atoms in total. The molecule has 2 aliphatic heterocycles. The van der Waals surface area contributed by atoms with Crippen LogP contribution in [0.2, 0.25) is 0 Å². The number of Topliss-reactive ketones (excluding diaryl/α,β-unsaturated/α-hetero) is 3. The number of aryl methyl sites for hydroxylation is 1. The summed E-state index contributed by atoms with van der Waals surface area (Å²) in [5, 5.41) is 0. The highest BCUT2D eigenvalue weighted by molar-refractivity contribution is 6.32. The van der Waals surface area contributed by atoms with Crippen molar-refractivity contribution in [3.05, 3.63) is 130 Å². The van der Waals surface area contributed by atoms with E-state index < -0.39 is 29.2 Å². The predicted molar refractivity (Wildman–Crippen MR) is 161 cm³/mol. The van der Waals surface area contributed by atoms with E-state index in [0.717, 1.165) is 5.56 Å². The van der Waals surface area contributed by atoms with E-state index in [0.29, 0.717) is 45.0 Å². The molecule has 7 heteroatoms. The Morgan fingerprint density at radius 3 is 2.21 bits per heavy atom. The summed E-state index contributed by atoms with van der Waals surface area (Å²) in [4.78, 5) is 46.3. The van der Waals surface area contributed by atoms with Gasteiger partial charge in [0.25, 0.3) is 0 Å². The highest BCUT2D eigenvalue weighted by Crippen LogP contribution is 2.62. The maximum Gasteiger partial charge on any atom is 0.185 e. The van der Waals surface area contributed by atoms with Gasteiger partial charge in [-0.05, 0) is 31.2 Å². The lowest BCUT2D eigenvalue weighted by atomic mass is 9.64. The second-order valence-electron chi connectivity index (χ2n) is 11.2. The molecule has 0 N–H and O–H groups in total. The Kier molecular flexibility index (Phi) is 6.09. The molecule has 7 rings (SSSR count). The van der Waals surface area contributed by atoms with Crippen LogP contribution in [0, 0.1) is 18.2 Å². The van der Waals surface area contributed by atoms with E-state index in [1.165, 1.54) is 26.4 Å². The second-order valence-corrected chi connectivity index (χ2v) is 11.2. The normalized spacial score (nSPS) is 21.0. The summed E-state index contributed by atoms with van der Waals surface area (Å²) in [6.07, 6.45) is 3.51. The molecule has 4 aromatic carbocycles. The quantitative estimate of drug-likeness (QED) is 0.201. The number of carbonyl (C=O) groups is 3. The molecular weight excluding hydrogens is 545 g/mol. The van der Waals surface area contributed by atoms with Crippen molar-refractivity contribution in [1.29, 1.82) is 0 Å². The lowest BCUT2D eigenvalue weighted by Gasteiger charge is -2.37. The first kappa shape index (κ1) is 26.8. The van der Waals surface area contributed by atoms with Crippen LogP contribution in [0.4, 0.5) is 10.1 Å². The minimum absolute atomic E-state index is 0.265. The Hall–Kier alpha value is -5.04. The molecule has 4 aromatic rings. The first-order chi connectivity index (χ1) is 20.8. The molecule has 0 unspecified atom stereocenters. The number of nitrogens with zero attached hydrogens (tertiary/aromatic N) is 1. The Morgan fingerprint density at radius 1 is 0.860 bits per heavy atom. The van der Waals surface area contributed by atoms with Gasteiger partial charge in [0, 0.05) is 39.4 Å². The van der Waals surface area contributed by atoms with E-state index in [4.69, 9.17) is 9.47 Å². The van der Waals surface area contributed by atoms with Gasteiger partial charge >= 0.3 is 0 Å². The van der Waals surface area contributed by atoms with E-state index in [1.807, 2.05) is 24.0 Å². The van der Waals surface area contributed by atoms with Crippen molar-refractivity contribution < 1.29 is 28.2 Å². The van der Waals surface area contributed by atoms with Crippen molar-refractivity contribution >= 4 is 29.1 Å². The topological polar surface area (TPSA) is 72.9 Å². The van der Waals surface area contributed by atoms with E-state index in [1.54, 1.807) is 72.8 Å². The second kappa shape index (κ2) is 9.76. The summed E-state index contributed by atoms with van der Waals surface area (Å²) in [6, 6.07) is 21.8. The number of anilines is 1. The average molecular weight is 574 g/mol. The van der Waals surface area contributed by atoms with Gasteiger partial charge in [-0.15, -0.1) is 0 Å². The van der Waals surface area contributed by atoms with Crippen molar-refractivity contribution in [2.45, 2.75) is 24.9 Å². The molecule has 0 aromatic heterocycles. The maximum atomic E-state index is 14.8. The van der Waals surface area contributed by atoms with Gasteiger partial charge in [-0.25, -0.2) is 4.39 Å². The zero-order valence-corrected chi connectivity index (χ0v) is 23.8. The third-order valence-corrected chi connectivity index (χ3v) is 9.14. The van der Waals surface area contributed by atoms with Gasteiger partial charge in [0.15, 0.2) is 28.8 Å². The molecule has 3 atom stereocenters. The number of benzene rings is 4. The SMILES string of the molecule is COc1cccc([C@@H]2[C@@H](C(=O)c3ccc(C)cc3)N3c4ccc(F)cc4C=C[C@@H]3C23C(=O)c2ccccc2C3=O)c1OC. The fourth-order valence-corrected chi connectivity index (χ4v) is 7.34. The van der Waals surface area contributed by atoms with Crippen molar-refractivity contribution in [3.8, 4) is 11.5 Å². The fourth-order valence-electron chi connectivity index (χ4n) is 7.34. The van der Waals surface area contributed by atoms with Crippen LogP contribution in [0.15, 0.2) is 91.0 Å². The van der Waals surface area contributed by atoms with Crippen molar-refractivity contribution in [1.82, 2.24) is 0 Å². The number of fused-ring (bicyclic) bond motifs is 5.